The van der Waals surface area contributed by atoms with Gasteiger partial charge >= 0.3 is 0 Å². The van der Waals surface area contributed by atoms with Crippen LogP contribution in [-0.2, 0) is 11.2 Å². The first-order valence-corrected chi connectivity index (χ1v) is 7.60. The zero-order valence-corrected chi connectivity index (χ0v) is 13.2. The molecule has 0 unspecified atom stereocenters. The van der Waals surface area contributed by atoms with Crippen LogP contribution in [0.1, 0.15) is 21.8 Å². The quantitative estimate of drug-likeness (QED) is 0.934. The third-order valence-corrected chi connectivity index (χ3v) is 4.23. The van der Waals surface area contributed by atoms with E-state index >= 15 is 0 Å². The van der Waals surface area contributed by atoms with Crippen LogP contribution in [0.5, 0.6) is 5.75 Å². The van der Waals surface area contributed by atoms with Gasteiger partial charge in [-0.3, -0.25) is 4.79 Å². The third kappa shape index (κ3) is 3.37. The summed E-state index contributed by atoms with van der Waals surface area (Å²) >= 11 is 0. The van der Waals surface area contributed by atoms with Gasteiger partial charge in [0.25, 0.3) is 5.91 Å². The number of hydrogen-bond donors (Lipinski definition) is 1. The first-order valence-electron chi connectivity index (χ1n) is 7.60. The molecule has 0 aliphatic carbocycles. The molecular formula is C17H20N2O4. The largest absolute Gasteiger partial charge is 0.508 e. The highest BCUT2D eigenvalue weighted by atomic mass is 16.5. The van der Waals surface area contributed by atoms with Crippen molar-refractivity contribution in [2.75, 3.05) is 20.2 Å². The molecule has 1 fully saturated rings. The van der Waals surface area contributed by atoms with E-state index in [2.05, 4.69) is 5.16 Å². The SMILES string of the molecule is CO[C@H]1CN(C(=O)c2ccc(O)cc2)C[C@H]1Cc1cc(C)no1. The Morgan fingerprint density at radius 2 is 2.13 bits per heavy atom. The van der Waals surface area contributed by atoms with E-state index in [-0.39, 0.29) is 23.7 Å². The Morgan fingerprint density at radius 1 is 1.39 bits per heavy atom. The Bertz CT molecular complexity index is 680. The number of aryl methyl sites for hydroxylation is 1. The number of carbonyl (C=O) groups is 1. The standard InChI is InChI=1S/C17H20N2O4/c1-11-7-15(23-18-11)8-13-9-19(10-16(13)22-2)17(21)12-3-5-14(20)6-4-12/h3-7,13,16,20H,8-10H2,1-2H3/t13-,16+/m1/s1. The van der Waals surface area contributed by atoms with Gasteiger partial charge in [0.15, 0.2) is 0 Å². The van der Waals surface area contributed by atoms with E-state index in [0.29, 0.717) is 25.1 Å². The highest BCUT2D eigenvalue weighted by Gasteiger charge is 2.36. The lowest BCUT2D eigenvalue weighted by molar-refractivity contribution is 0.0672. The summed E-state index contributed by atoms with van der Waals surface area (Å²) in [7, 11) is 1.66. The lowest BCUT2D eigenvalue weighted by Crippen LogP contribution is -2.29. The molecule has 2 atom stereocenters. The lowest BCUT2D eigenvalue weighted by atomic mass is 10.0. The maximum absolute atomic E-state index is 12.6. The number of benzene rings is 1. The van der Waals surface area contributed by atoms with Gasteiger partial charge < -0.3 is 19.3 Å². The molecule has 1 saturated heterocycles. The summed E-state index contributed by atoms with van der Waals surface area (Å²) in [6.07, 6.45) is 0.667. The molecule has 0 bridgehead atoms. The molecule has 1 N–H and O–H groups in total. The Hall–Kier alpha value is -2.34. The second-order valence-electron chi connectivity index (χ2n) is 5.93. The molecule has 2 aromatic rings. The Kier molecular flexibility index (Phi) is 4.34. The number of rotatable bonds is 4. The summed E-state index contributed by atoms with van der Waals surface area (Å²) in [6, 6.07) is 8.22. The van der Waals surface area contributed by atoms with Crippen LogP contribution >= 0.6 is 0 Å². The normalized spacial score (nSPS) is 20.9. The topological polar surface area (TPSA) is 75.8 Å². The zero-order chi connectivity index (χ0) is 16.4. The molecule has 1 aliphatic rings. The number of phenols is 1. The van der Waals surface area contributed by atoms with Crippen LogP contribution in [0, 0.1) is 12.8 Å². The van der Waals surface area contributed by atoms with Crippen molar-refractivity contribution in [3.63, 3.8) is 0 Å². The van der Waals surface area contributed by atoms with E-state index in [1.165, 1.54) is 12.1 Å². The van der Waals surface area contributed by atoms with E-state index in [1.807, 2.05) is 13.0 Å². The second kappa shape index (κ2) is 6.42. The monoisotopic (exact) mass is 316 g/mol. The minimum Gasteiger partial charge on any atom is -0.508 e. The number of phenolic OH excluding ortho intramolecular Hbond substituents is 1. The summed E-state index contributed by atoms with van der Waals surface area (Å²) < 4.78 is 10.8. The van der Waals surface area contributed by atoms with Crippen molar-refractivity contribution in [3.05, 3.63) is 47.3 Å². The van der Waals surface area contributed by atoms with Crippen molar-refractivity contribution < 1.29 is 19.2 Å². The number of likely N-dealkylation sites (tertiary alicyclic amines) is 1. The van der Waals surface area contributed by atoms with E-state index in [0.717, 1.165) is 11.5 Å². The van der Waals surface area contributed by atoms with Crippen molar-refractivity contribution in [3.8, 4) is 5.75 Å². The van der Waals surface area contributed by atoms with Crippen molar-refractivity contribution in [1.82, 2.24) is 10.1 Å². The van der Waals surface area contributed by atoms with Gasteiger partial charge in [-0.1, -0.05) is 5.16 Å². The van der Waals surface area contributed by atoms with E-state index in [9.17, 15) is 9.90 Å². The van der Waals surface area contributed by atoms with Crippen molar-refractivity contribution >= 4 is 5.91 Å². The van der Waals surface area contributed by atoms with E-state index < -0.39 is 0 Å². The molecule has 1 aliphatic heterocycles. The molecule has 23 heavy (non-hydrogen) atoms. The van der Waals surface area contributed by atoms with Gasteiger partial charge in [0.2, 0.25) is 0 Å². The number of nitrogens with zero attached hydrogens (tertiary/aromatic N) is 2. The number of aromatic hydroxyl groups is 1. The van der Waals surface area contributed by atoms with Gasteiger partial charge in [-0.25, -0.2) is 0 Å². The molecule has 0 spiro atoms. The summed E-state index contributed by atoms with van der Waals surface area (Å²) in [5.74, 6) is 1.08. The highest BCUT2D eigenvalue weighted by molar-refractivity contribution is 5.94. The fourth-order valence-electron chi connectivity index (χ4n) is 3.03. The summed E-state index contributed by atoms with van der Waals surface area (Å²) in [5, 5.41) is 13.2. The van der Waals surface area contributed by atoms with Gasteiger partial charge in [-0.05, 0) is 31.2 Å². The van der Waals surface area contributed by atoms with Gasteiger partial charge in [0, 0.05) is 44.2 Å². The van der Waals surface area contributed by atoms with Crippen LogP contribution in [0.25, 0.3) is 0 Å². The maximum atomic E-state index is 12.6. The maximum Gasteiger partial charge on any atom is 0.253 e. The minimum absolute atomic E-state index is 0.0264. The molecule has 122 valence electrons. The molecule has 0 radical (unpaired) electrons. The number of amides is 1. The smallest absolute Gasteiger partial charge is 0.253 e. The van der Waals surface area contributed by atoms with Crippen molar-refractivity contribution in [2.45, 2.75) is 19.4 Å². The van der Waals surface area contributed by atoms with Crippen LogP contribution in [0.2, 0.25) is 0 Å². The zero-order valence-electron chi connectivity index (χ0n) is 13.2. The molecule has 1 aromatic carbocycles. The Morgan fingerprint density at radius 3 is 2.74 bits per heavy atom. The average molecular weight is 316 g/mol. The van der Waals surface area contributed by atoms with Crippen LogP contribution in [-0.4, -0.2) is 47.4 Å². The number of carbonyl (C=O) groups excluding carboxylic acids is 1. The number of methoxy groups -OCH3 is 1. The fraction of sp³-hybridized carbons (Fsp3) is 0.412. The Balaban J connectivity index is 1.70. The Labute approximate surface area is 134 Å². The lowest BCUT2D eigenvalue weighted by Gasteiger charge is -2.16. The second-order valence-corrected chi connectivity index (χ2v) is 5.93. The fourth-order valence-corrected chi connectivity index (χ4v) is 3.03. The first kappa shape index (κ1) is 15.6. The van der Waals surface area contributed by atoms with Crippen LogP contribution < -0.4 is 0 Å². The predicted octanol–water partition coefficient (Wildman–Crippen LogP) is 2.02. The van der Waals surface area contributed by atoms with Crippen molar-refractivity contribution in [1.29, 1.82) is 0 Å². The molecule has 6 nitrogen and oxygen atoms in total. The molecule has 2 heterocycles. The average Bonchev–Trinajstić information content (AvgIpc) is 3.14. The molecule has 0 saturated carbocycles. The molecule has 1 aromatic heterocycles. The van der Waals surface area contributed by atoms with Gasteiger partial charge in [-0.15, -0.1) is 0 Å². The number of ether oxygens (including phenoxy) is 1. The summed E-state index contributed by atoms with van der Waals surface area (Å²) in [4.78, 5) is 14.4. The van der Waals surface area contributed by atoms with Gasteiger partial charge in [0.05, 0.1) is 11.8 Å². The van der Waals surface area contributed by atoms with E-state index in [4.69, 9.17) is 9.26 Å². The molecular weight excluding hydrogens is 296 g/mol. The summed E-state index contributed by atoms with van der Waals surface area (Å²) in [5.41, 5.74) is 1.41. The molecule has 3 rings (SSSR count). The summed E-state index contributed by atoms with van der Waals surface area (Å²) in [6.45, 7) is 3.04. The number of aromatic nitrogens is 1. The minimum atomic E-state index is -0.0525. The van der Waals surface area contributed by atoms with Gasteiger partial charge in [-0.2, -0.15) is 0 Å². The molecule has 1 amide bonds. The number of hydrogen-bond acceptors (Lipinski definition) is 5. The van der Waals surface area contributed by atoms with Crippen molar-refractivity contribution in [2.24, 2.45) is 5.92 Å². The first-order chi connectivity index (χ1) is 11.1. The van der Waals surface area contributed by atoms with Crippen LogP contribution in [0.4, 0.5) is 0 Å². The predicted molar refractivity (Wildman–Crippen MR) is 83.2 cm³/mol. The highest BCUT2D eigenvalue weighted by Crippen LogP contribution is 2.25. The van der Waals surface area contributed by atoms with Crippen LogP contribution in [0.3, 0.4) is 0 Å². The van der Waals surface area contributed by atoms with E-state index in [1.54, 1.807) is 24.1 Å². The third-order valence-electron chi connectivity index (χ3n) is 4.23. The van der Waals surface area contributed by atoms with Crippen LogP contribution in [0.15, 0.2) is 34.9 Å². The molecule has 6 heteroatoms. The van der Waals surface area contributed by atoms with Gasteiger partial charge in [0.1, 0.15) is 11.5 Å².